The number of furan rings is 1. The third-order valence-electron chi connectivity index (χ3n) is 2.47. The second kappa shape index (κ2) is 4.95. The molecule has 0 saturated heterocycles. The molecule has 1 heterocycles. The van der Waals surface area contributed by atoms with Crippen molar-refractivity contribution in [3.05, 3.63) is 60.1 Å². The molecular formula is C13H12O4. The van der Waals surface area contributed by atoms with Crippen LogP contribution in [0.5, 0.6) is 0 Å². The Morgan fingerprint density at radius 1 is 1.06 bits per heavy atom. The van der Waals surface area contributed by atoms with Gasteiger partial charge in [0, 0.05) is 0 Å². The predicted molar refractivity (Wildman–Crippen MR) is 60.4 cm³/mol. The molecule has 1 aromatic heterocycles. The Bertz CT molecular complexity index is 475. The standard InChI is InChI=1S/C13H12O4/c14-11(9-5-2-1-3-6-9)13(16)12(15)10-7-4-8-17-10/h1-8,11,13-14,16H/t11-,13+/m0/s1. The van der Waals surface area contributed by atoms with E-state index in [1.54, 1.807) is 36.4 Å². The molecule has 0 bridgehead atoms. The molecule has 0 spiro atoms. The van der Waals surface area contributed by atoms with E-state index in [2.05, 4.69) is 0 Å². The van der Waals surface area contributed by atoms with E-state index in [-0.39, 0.29) is 5.76 Å². The minimum Gasteiger partial charge on any atom is -0.461 e. The van der Waals surface area contributed by atoms with Crippen molar-refractivity contribution in [3.8, 4) is 0 Å². The van der Waals surface area contributed by atoms with Crippen LogP contribution in [-0.4, -0.2) is 22.1 Å². The summed E-state index contributed by atoms with van der Waals surface area (Å²) >= 11 is 0. The van der Waals surface area contributed by atoms with E-state index in [1.807, 2.05) is 0 Å². The smallest absolute Gasteiger partial charge is 0.229 e. The molecule has 2 rings (SSSR count). The van der Waals surface area contributed by atoms with Gasteiger partial charge in [-0.1, -0.05) is 30.3 Å². The molecule has 0 aliphatic rings. The van der Waals surface area contributed by atoms with Crippen LogP contribution in [0.1, 0.15) is 22.2 Å². The highest BCUT2D eigenvalue weighted by atomic mass is 16.4. The van der Waals surface area contributed by atoms with Gasteiger partial charge in [-0.3, -0.25) is 4.79 Å². The molecule has 2 atom stereocenters. The summed E-state index contributed by atoms with van der Waals surface area (Å²) in [7, 11) is 0. The summed E-state index contributed by atoms with van der Waals surface area (Å²) < 4.78 is 4.88. The van der Waals surface area contributed by atoms with Gasteiger partial charge in [0.1, 0.15) is 6.10 Å². The average molecular weight is 232 g/mol. The first kappa shape index (κ1) is 11.6. The minimum atomic E-state index is -1.52. The maximum Gasteiger partial charge on any atom is 0.229 e. The van der Waals surface area contributed by atoms with Crippen LogP contribution in [0.2, 0.25) is 0 Å². The number of aliphatic hydroxyl groups is 2. The van der Waals surface area contributed by atoms with Gasteiger partial charge in [0.2, 0.25) is 5.78 Å². The van der Waals surface area contributed by atoms with Crippen LogP contribution in [0.25, 0.3) is 0 Å². The van der Waals surface area contributed by atoms with Crippen molar-refractivity contribution in [1.29, 1.82) is 0 Å². The van der Waals surface area contributed by atoms with Crippen LogP contribution in [0.4, 0.5) is 0 Å². The lowest BCUT2D eigenvalue weighted by Crippen LogP contribution is -2.27. The fourth-order valence-electron chi connectivity index (χ4n) is 1.54. The third kappa shape index (κ3) is 2.43. The maximum absolute atomic E-state index is 11.7. The number of rotatable bonds is 4. The first-order chi connectivity index (χ1) is 8.20. The van der Waals surface area contributed by atoms with Crippen molar-refractivity contribution in [2.24, 2.45) is 0 Å². The van der Waals surface area contributed by atoms with Gasteiger partial charge in [0.15, 0.2) is 11.9 Å². The second-order valence-electron chi connectivity index (χ2n) is 3.64. The van der Waals surface area contributed by atoms with Crippen molar-refractivity contribution in [1.82, 2.24) is 0 Å². The summed E-state index contributed by atoms with van der Waals surface area (Å²) in [5.74, 6) is -0.598. The summed E-state index contributed by atoms with van der Waals surface area (Å²) in [6, 6.07) is 11.5. The first-order valence-electron chi connectivity index (χ1n) is 5.19. The van der Waals surface area contributed by atoms with Gasteiger partial charge >= 0.3 is 0 Å². The fraction of sp³-hybridized carbons (Fsp3) is 0.154. The van der Waals surface area contributed by atoms with Gasteiger partial charge in [-0.05, 0) is 17.7 Å². The van der Waals surface area contributed by atoms with Gasteiger partial charge in [0.05, 0.1) is 6.26 Å². The molecule has 0 amide bonds. The van der Waals surface area contributed by atoms with Gasteiger partial charge in [0.25, 0.3) is 0 Å². The Morgan fingerprint density at radius 2 is 1.76 bits per heavy atom. The van der Waals surface area contributed by atoms with Gasteiger partial charge < -0.3 is 14.6 Å². The number of carbonyl (C=O) groups is 1. The number of hydrogen-bond acceptors (Lipinski definition) is 4. The van der Waals surface area contributed by atoms with Crippen molar-refractivity contribution in [2.45, 2.75) is 12.2 Å². The van der Waals surface area contributed by atoms with E-state index < -0.39 is 18.0 Å². The van der Waals surface area contributed by atoms with E-state index in [0.29, 0.717) is 5.56 Å². The normalized spacial score (nSPS) is 14.2. The van der Waals surface area contributed by atoms with E-state index in [0.717, 1.165) is 0 Å². The highest BCUT2D eigenvalue weighted by molar-refractivity contribution is 5.97. The zero-order valence-corrected chi connectivity index (χ0v) is 8.98. The molecule has 0 aliphatic carbocycles. The molecule has 88 valence electrons. The Balaban J connectivity index is 2.15. The molecule has 1 aromatic carbocycles. The number of benzene rings is 1. The number of ketones is 1. The Hall–Kier alpha value is -1.91. The summed E-state index contributed by atoms with van der Waals surface area (Å²) in [6.45, 7) is 0. The minimum absolute atomic E-state index is 0.0347. The van der Waals surface area contributed by atoms with Crippen molar-refractivity contribution in [2.75, 3.05) is 0 Å². The molecule has 2 aromatic rings. The second-order valence-corrected chi connectivity index (χ2v) is 3.64. The Morgan fingerprint density at radius 3 is 2.35 bits per heavy atom. The highest BCUT2D eigenvalue weighted by Gasteiger charge is 2.28. The number of hydrogen-bond donors (Lipinski definition) is 2. The monoisotopic (exact) mass is 232 g/mol. The molecule has 0 unspecified atom stereocenters. The maximum atomic E-state index is 11.7. The van der Waals surface area contributed by atoms with Crippen LogP contribution in [0.15, 0.2) is 53.1 Å². The first-order valence-corrected chi connectivity index (χ1v) is 5.19. The van der Waals surface area contributed by atoms with E-state index >= 15 is 0 Å². The summed E-state index contributed by atoms with van der Waals surface area (Å²) in [5, 5.41) is 19.6. The molecule has 0 radical (unpaired) electrons. The lowest BCUT2D eigenvalue weighted by Gasteiger charge is -2.15. The molecule has 4 heteroatoms. The quantitative estimate of drug-likeness (QED) is 0.785. The lowest BCUT2D eigenvalue weighted by molar-refractivity contribution is 0.0185. The molecular weight excluding hydrogens is 220 g/mol. The largest absolute Gasteiger partial charge is 0.461 e. The number of carbonyl (C=O) groups excluding carboxylic acids is 1. The van der Waals surface area contributed by atoms with Crippen molar-refractivity contribution >= 4 is 5.78 Å². The van der Waals surface area contributed by atoms with Gasteiger partial charge in [-0.2, -0.15) is 0 Å². The molecule has 4 nitrogen and oxygen atoms in total. The van der Waals surface area contributed by atoms with Crippen LogP contribution < -0.4 is 0 Å². The fourth-order valence-corrected chi connectivity index (χ4v) is 1.54. The van der Waals surface area contributed by atoms with Crippen LogP contribution in [0.3, 0.4) is 0 Å². The zero-order valence-electron chi connectivity index (χ0n) is 8.98. The highest BCUT2D eigenvalue weighted by Crippen LogP contribution is 2.19. The zero-order chi connectivity index (χ0) is 12.3. The molecule has 0 saturated carbocycles. The third-order valence-corrected chi connectivity index (χ3v) is 2.47. The summed E-state index contributed by atoms with van der Waals surface area (Å²) in [4.78, 5) is 11.7. The van der Waals surface area contributed by atoms with Crippen molar-refractivity contribution in [3.63, 3.8) is 0 Å². The summed E-state index contributed by atoms with van der Waals surface area (Å²) in [6.07, 6.45) is -1.44. The van der Waals surface area contributed by atoms with E-state index in [4.69, 9.17) is 4.42 Å². The van der Waals surface area contributed by atoms with Crippen LogP contribution in [-0.2, 0) is 0 Å². The molecule has 0 aliphatic heterocycles. The van der Waals surface area contributed by atoms with E-state index in [9.17, 15) is 15.0 Å². The van der Waals surface area contributed by atoms with Gasteiger partial charge in [-0.15, -0.1) is 0 Å². The lowest BCUT2D eigenvalue weighted by atomic mass is 10.0. The average Bonchev–Trinajstić information content (AvgIpc) is 2.91. The molecule has 2 N–H and O–H groups in total. The Kier molecular flexibility index (Phi) is 3.37. The molecule has 17 heavy (non-hydrogen) atoms. The van der Waals surface area contributed by atoms with Gasteiger partial charge in [-0.25, -0.2) is 0 Å². The number of Topliss-reactive ketones (excluding diaryl/α,β-unsaturated/α-hetero) is 1. The Labute approximate surface area is 98.1 Å². The molecule has 0 fully saturated rings. The van der Waals surface area contributed by atoms with E-state index in [1.165, 1.54) is 12.3 Å². The van der Waals surface area contributed by atoms with Crippen LogP contribution >= 0.6 is 0 Å². The summed E-state index contributed by atoms with van der Waals surface area (Å²) in [5.41, 5.74) is 0.486. The topological polar surface area (TPSA) is 70.7 Å². The van der Waals surface area contributed by atoms with Crippen molar-refractivity contribution < 1.29 is 19.4 Å². The SMILES string of the molecule is O=C(c1ccco1)[C@H](O)[C@@H](O)c1ccccc1. The predicted octanol–water partition coefficient (Wildman–Crippen LogP) is 1.56. The number of aliphatic hydroxyl groups excluding tert-OH is 2. The van der Waals surface area contributed by atoms with Crippen LogP contribution in [0, 0.1) is 0 Å².